The summed E-state index contributed by atoms with van der Waals surface area (Å²) in [6.07, 6.45) is 0.734. The largest absolute Gasteiger partial charge is 0.395 e. The molecule has 2 heterocycles. The maximum absolute atomic E-state index is 13.9. The fourth-order valence-corrected chi connectivity index (χ4v) is 7.18. The van der Waals surface area contributed by atoms with Gasteiger partial charge in [-0.05, 0) is 79.6 Å². The number of aryl methyl sites for hydroxylation is 1. The van der Waals surface area contributed by atoms with Gasteiger partial charge in [-0.15, -0.1) is 0 Å². The van der Waals surface area contributed by atoms with Crippen molar-refractivity contribution < 1.29 is 9.90 Å². The second kappa shape index (κ2) is 12.1. The molecule has 202 valence electrons. The summed E-state index contributed by atoms with van der Waals surface area (Å²) in [6, 6.07) is 22.1. The maximum atomic E-state index is 13.9. The third-order valence-electron chi connectivity index (χ3n) is 6.83. The first-order valence-electron chi connectivity index (χ1n) is 12.9. The molecule has 1 N–H and O–H groups in total. The molecule has 0 spiro atoms. The second-order valence-electron chi connectivity index (χ2n) is 9.37. The standard InChI is InChI=1S/C30H31ClN4O2S2/c1-4-34(16-17-36)23-11-12-24(20(2)18-23)32-30-35(15-14-21-8-6-5-7-9-21)28(37)27(39-30)29-33(3)25-19-22(31)10-13-26(25)38-29/h5-13,18-19,36H,4,14-17H2,1-3H3/b29-27-,32-30?. The Kier molecular flexibility index (Phi) is 8.57. The Balaban J connectivity index is 1.49. The van der Waals surface area contributed by atoms with E-state index in [0.717, 1.165) is 45.5 Å². The number of anilines is 2. The molecule has 0 saturated carbocycles. The van der Waals surface area contributed by atoms with Crippen molar-refractivity contribution in [2.75, 3.05) is 43.1 Å². The lowest BCUT2D eigenvalue weighted by Gasteiger charge is -2.23. The summed E-state index contributed by atoms with van der Waals surface area (Å²) < 4.78 is 0. The molecule has 0 aliphatic carbocycles. The van der Waals surface area contributed by atoms with Crippen LogP contribution in [0.15, 0.2) is 86.6 Å². The molecule has 5 rings (SSSR count). The van der Waals surface area contributed by atoms with Crippen LogP contribution in [-0.2, 0) is 11.2 Å². The predicted molar refractivity (Wildman–Crippen MR) is 165 cm³/mol. The van der Waals surface area contributed by atoms with Gasteiger partial charge in [0.1, 0.15) is 4.91 Å². The number of carbonyl (C=O) groups is 1. The van der Waals surface area contributed by atoms with Crippen molar-refractivity contribution >= 4 is 63.3 Å². The average molecular weight is 579 g/mol. The SMILES string of the molecule is CCN(CCO)c1ccc(N=C2S/C(=C3\Sc4ccc(Cl)cc4N3C)C(=O)N2CCc2ccccc2)c(C)c1. The highest BCUT2D eigenvalue weighted by Gasteiger charge is 2.39. The zero-order valence-electron chi connectivity index (χ0n) is 22.2. The molecule has 2 aliphatic heterocycles. The van der Waals surface area contributed by atoms with Crippen LogP contribution < -0.4 is 9.80 Å². The smallest absolute Gasteiger partial charge is 0.269 e. The predicted octanol–water partition coefficient (Wildman–Crippen LogP) is 6.68. The van der Waals surface area contributed by atoms with Gasteiger partial charge in [-0.3, -0.25) is 9.69 Å². The molecule has 1 fully saturated rings. The molecular weight excluding hydrogens is 548 g/mol. The number of carbonyl (C=O) groups excluding carboxylic acids is 1. The van der Waals surface area contributed by atoms with Crippen molar-refractivity contribution in [3.63, 3.8) is 0 Å². The summed E-state index contributed by atoms with van der Waals surface area (Å²) >= 11 is 9.29. The van der Waals surface area contributed by atoms with Gasteiger partial charge in [-0.25, -0.2) is 4.99 Å². The second-order valence-corrected chi connectivity index (χ2v) is 11.8. The van der Waals surface area contributed by atoms with Crippen LogP contribution in [0.4, 0.5) is 17.1 Å². The highest BCUT2D eigenvalue weighted by molar-refractivity contribution is 8.19. The van der Waals surface area contributed by atoms with Crippen molar-refractivity contribution in [1.29, 1.82) is 0 Å². The Morgan fingerprint density at radius 3 is 2.56 bits per heavy atom. The summed E-state index contributed by atoms with van der Waals surface area (Å²) in [5, 5.41) is 11.7. The fourth-order valence-electron chi connectivity index (χ4n) is 4.68. The Labute approximate surface area is 243 Å². The van der Waals surface area contributed by atoms with Crippen LogP contribution >= 0.6 is 35.1 Å². The van der Waals surface area contributed by atoms with Gasteiger partial charge in [-0.1, -0.05) is 53.7 Å². The number of halogens is 1. The van der Waals surface area contributed by atoms with Crippen LogP contribution in [0.3, 0.4) is 0 Å². The molecule has 0 radical (unpaired) electrons. The summed E-state index contributed by atoms with van der Waals surface area (Å²) in [6.45, 7) is 6.13. The molecule has 0 unspecified atom stereocenters. The zero-order chi connectivity index (χ0) is 27.5. The Morgan fingerprint density at radius 1 is 1.05 bits per heavy atom. The van der Waals surface area contributed by atoms with Crippen molar-refractivity contribution in [1.82, 2.24) is 4.90 Å². The number of aliphatic hydroxyl groups excluding tert-OH is 1. The van der Waals surface area contributed by atoms with Crippen LogP contribution in [-0.4, -0.2) is 54.4 Å². The summed E-state index contributed by atoms with van der Waals surface area (Å²) in [4.78, 5) is 26.6. The third-order valence-corrected chi connectivity index (χ3v) is 9.50. The van der Waals surface area contributed by atoms with Crippen molar-refractivity contribution in [2.24, 2.45) is 4.99 Å². The number of thioether (sulfide) groups is 2. The van der Waals surface area contributed by atoms with Crippen LogP contribution in [0, 0.1) is 6.92 Å². The molecule has 0 atom stereocenters. The third kappa shape index (κ3) is 5.84. The first-order valence-corrected chi connectivity index (χ1v) is 14.9. The number of aliphatic hydroxyl groups is 1. The molecule has 0 aromatic heterocycles. The van der Waals surface area contributed by atoms with Gasteiger partial charge in [0, 0.05) is 42.3 Å². The Morgan fingerprint density at radius 2 is 1.85 bits per heavy atom. The maximum Gasteiger partial charge on any atom is 0.269 e. The van der Waals surface area contributed by atoms with E-state index in [9.17, 15) is 9.90 Å². The summed E-state index contributed by atoms with van der Waals surface area (Å²) in [7, 11) is 1.98. The van der Waals surface area contributed by atoms with E-state index in [-0.39, 0.29) is 12.5 Å². The number of hydrogen-bond acceptors (Lipinski definition) is 7. The van der Waals surface area contributed by atoms with E-state index in [1.165, 1.54) is 17.3 Å². The summed E-state index contributed by atoms with van der Waals surface area (Å²) in [5.41, 5.74) is 5.07. The molecule has 1 amide bonds. The molecule has 3 aromatic rings. The lowest BCUT2D eigenvalue weighted by atomic mass is 10.1. The van der Waals surface area contributed by atoms with E-state index in [0.29, 0.717) is 28.2 Å². The van der Waals surface area contributed by atoms with Crippen LogP contribution in [0.1, 0.15) is 18.1 Å². The van der Waals surface area contributed by atoms with Crippen molar-refractivity contribution in [3.8, 4) is 0 Å². The molecule has 1 saturated heterocycles. The summed E-state index contributed by atoms with van der Waals surface area (Å²) in [5.74, 6) is -0.0303. The number of rotatable bonds is 8. The molecule has 6 nitrogen and oxygen atoms in total. The van der Waals surface area contributed by atoms with E-state index in [1.54, 1.807) is 11.8 Å². The van der Waals surface area contributed by atoms with Crippen LogP contribution in [0.25, 0.3) is 0 Å². The van der Waals surface area contributed by atoms with Crippen molar-refractivity contribution in [3.05, 3.63) is 92.8 Å². The van der Waals surface area contributed by atoms with E-state index in [1.807, 2.05) is 72.3 Å². The van der Waals surface area contributed by atoms with E-state index in [2.05, 4.69) is 30.0 Å². The number of benzene rings is 3. The van der Waals surface area contributed by atoms with E-state index in [4.69, 9.17) is 16.6 Å². The first-order chi connectivity index (χ1) is 18.9. The number of nitrogens with zero attached hydrogens (tertiary/aromatic N) is 4. The fraction of sp³-hybridized carbons (Fsp3) is 0.267. The number of likely N-dealkylation sites (N-methyl/N-ethyl adjacent to an activating group) is 1. The van der Waals surface area contributed by atoms with E-state index >= 15 is 0 Å². The monoisotopic (exact) mass is 578 g/mol. The quantitative estimate of drug-likeness (QED) is 0.301. The van der Waals surface area contributed by atoms with Crippen LogP contribution in [0.5, 0.6) is 0 Å². The van der Waals surface area contributed by atoms with Gasteiger partial charge in [0.15, 0.2) is 5.17 Å². The number of amidine groups is 1. The molecule has 9 heteroatoms. The first kappa shape index (κ1) is 27.6. The van der Waals surface area contributed by atoms with Gasteiger partial charge >= 0.3 is 0 Å². The van der Waals surface area contributed by atoms with E-state index < -0.39 is 0 Å². The Bertz CT molecular complexity index is 1440. The number of aliphatic imine (C=N–C) groups is 1. The minimum Gasteiger partial charge on any atom is -0.395 e. The molecule has 3 aromatic carbocycles. The van der Waals surface area contributed by atoms with Gasteiger partial charge in [0.2, 0.25) is 0 Å². The van der Waals surface area contributed by atoms with Gasteiger partial charge in [0.25, 0.3) is 5.91 Å². The highest BCUT2D eigenvalue weighted by atomic mass is 35.5. The number of fused-ring (bicyclic) bond motifs is 1. The number of amides is 1. The number of hydrogen-bond donors (Lipinski definition) is 1. The molecule has 0 bridgehead atoms. The minimum absolute atomic E-state index is 0.0303. The molecular formula is C30H31ClN4O2S2. The van der Waals surface area contributed by atoms with Crippen LogP contribution in [0.2, 0.25) is 5.02 Å². The Hall–Kier alpha value is -2.91. The van der Waals surface area contributed by atoms with Gasteiger partial charge in [-0.2, -0.15) is 0 Å². The topological polar surface area (TPSA) is 59.4 Å². The van der Waals surface area contributed by atoms with Crippen molar-refractivity contribution in [2.45, 2.75) is 25.2 Å². The average Bonchev–Trinajstić information content (AvgIpc) is 3.42. The highest BCUT2D eigenvalue weighted by Crippen LogP contribution is 2.50. The van der Waals surface area contributed by atoms with Gasteiger partial charge in [0.05, 0.1) is 23.0 Å². The zero-order valence-corrected chi connectivity index (χ0v) is 24.6. The van der Waals surface area contributed by atoms with Gasteiger partial charge < -0.3 is 14.9 Å². The lowest BCUT2D eigenvalue weighted by molar-refractivity contribution is -0.122. The minimum atomic E-state index is -0.0303. The lowest BCUT2D eigenvalue weighted by Crippen LogP contribution is -2.31. The molecule has 2 aliphatic rings. The normalized spacial score (nSPS) is 17.9. The molecule has 39 heavy (non-hydrogen) atoms.